The minimum atomic E-state index is -4.42. The van der Waals surface area contributed by atoms with Gasteiger partial charge in [-0.2, -0.15) is 13.2 Å². The molecule has 0 spiro atoms. The first-order chi connectivity index (χ1) is 16.7. The number of benzene rings is 2. The molecule has 2 aliphatic rings. The van der Waals surface area contributed by atoms with Gasteiger partial charge in [-0.15, -0.1) is 0 Å². The molecule has 35 heavy (non-hydrogen) atoms. The molecule has 0 aliphatic carbocycles. The van der Waals surface area contributed by atoms with Crippen LogP contribution >= 0.6 is 0 Å². The summed E-state index contributed by atoms with van der Waals surface area (Å²) in [6.45, 7) is 1.35. The lowest BCUT2D eigenvalue weighted by molar-refractivity contribution is -0.137. The van der Waals surface area contributed by atoms with Crippen LogP contribution in [-0.4, -0.2) is 84.7 Å². The Kier molecular flexibility index (Phi) is 7.60. The van der Waals surface area contributed by atoms with Crippen molar-refractivity contribution in [1.29, 1.82) is 0 Å². The van der Waals surface area contributed by atoms with Gasteiger partial charge in [0.15, 0.2) is 0 Å². The second-order valence-electron chi connectivity index (χ2n) is 8.67. The molecule has 0 aromatic heterocycles. The minimum absolute atomic E-state index is 0.0292. The summed E-state index contributed by atoms with van der Waals surface area (Å²) in [6.07, 6.45) is -6.92. The molecule has 0 radical (unpaired) electrons. The van der Waals surface area contributed by atoms with Gasteiger partial charge in [-0.1, -0.05) is 12.1 Å². The molecular weight excluding hydrogens is 470 g/mol. The lowest BCUT2D eigenvalue weighted by Gasteiger charge is -2.41. The van der Waals surface area contributed by atoms with Crippen molar-refractivity contribution in [1.82, 2.24) is 10.2 Å². The number of anilines is 1. The summed E-state index contributed by atoms with van der Waals surface area (Å²) < 4.78 is 58.5. The van der Waals surface area contributed by atoms with E-state index >= 15 is 0 Å². The number of piperazine rings is 1. The van der Waals surface area contributed by atoms with Crippen molar-refractivity contribution in [2.24, 2.45) is 0 Å². The van der Waals surface area contributed by atoms with Crippen LogP contribution in [0.5, 0.6) is 0 Å². The summed E-state index contributed by atoms with van der Waals surface area (Å²) in [4.78, 5) is 16.2. The van der Waals surface area contributed by atoms with Crippen molar-refractivity contribution in [3.63, 3.8) is 0 Å². The molecule has 2 saturated heterocycles. The number of halogens is 4. The van der Waals surface area contributed by atoms with Gasteiger partial charge in [0.25, 0.3) is 5.91 Å². The number of hydrogen-bond donors (Lipinski definition) is 3. The lowest BCUT2D eigenvalue weighted by atomic mass is 10.0. The zero-order valence-corrected chi connectivity index (χ0v) is 18.8. The maximum absolute atomic E-state index is 13.4. The second kappa shape index (κ2) is 10.5. The number of aliphatic hydroxyl groups excluding tert-OH is 2. The molecule has 0 bridgehead atoms. The van der Waals surface area contributed by atoms with Gasteiger partial charge in [0.05, 0.1) is 24.3 Å². The Morgan fingerprint density at radius 3 is 2.43 bits per heavy atom. The second-order valence-corrected chi connectivity index (χ2v) is 8.67. The number of rotatable bonds is 6. The third-order valence-electron chi connectivity index (χ3n) is 6.47. The molecule has 3 N–H and O–H groups in total. The summed E-state index contributed by atoms with van der Waals surface area (Å²) >= 11 is 0. The molecule has 2 aliphatic heterocycles. The number of carbonyl (C=O) groups excluding carboxylic acids is 1. The first-order valence-corrected chi connectivity index (χ1v) is 11.3. The molecule has 4 atom stereocenters. The standard InChI is InChI=1S/C24H27F4N3O4/c25-17-5-1-3-15(11-17)23(34)29-13-19-21(22(33)20(14-32)35-19)31-9-7-30(8-10-31)18-6-2-4-16(12-18)24(26,27)28/h1-6,11-12,19-22,32-33H,7-10,13-14H2,(H,29,34)/t19-,20+,21+,22-/m1/s1. The van der Waals surface area contributed by atoms with Crippen LogP contribution in [0.3, 0.4) is 0 Å². The molecule has 2 heterocycles. The van der Waals surface area contributed by atoms with E-state index in [9.17, 15) is 32.6 Å². The van der Waals surface area contributed by atoms with E-state index < -0.39 is 54.4 Å². The van der Waals surface area contributed by atoms with Crippen molar-refractivity contribution in [3.8, 4) is 0 Å². The van der Waals surface area contributed by atoms with Crippen molar-refractivity contribution in [3.05, 3.63) is 65.5 Å². The molecule has 7 nitrogen and oxygen atoms in total. The number of alkyl halides is 3. The Balaban J connectivity index is 1.40. The number of ether oxygens (including phenoxy) is 1. The van der Waals surface area contributed by atoms with Gasteiger partial charge in [0, 0.05) is 44.0 Å². The quantitative estimate of drug-likeness (QED) is 0.529. The van der Waals surface area contributed by atoms with Crippen LogP contribution in [-0.2, 0) is 10.9 Å². The average Bonchev–Trinajstić information content (AvgIpc) is 3.17. The third kappa shape index (κ3) is 5.75. The van der Waals surface area contributed by atoms with Gasteiger partial charge in [-0.25, -0.2) is 4.39 Å². The van der Waals surface area contributed by atoms with Crippen LogP contribution in [0.1, 0.15) is 15.9 Å². The monoisotopic (exact) mass is 497 g/mol. The Labute approximate surface area is 199 Å². The Morgan fingerprint density at radius 1 is 1.06 bits per heavy atom. The first kappa shape index (κ1) is 25.4. The molecular formula is C24H27F4N3O4. The smallest absolute Gasteiger partial charge is 0.394 e. The Bertz CT molecular complexity index is 1030. The fourth-order valence-corrected chi connectivity index (χ4v) is 4.68. The van der Waals surface area contributed by atoms with E-state index in [2.05, 4.69) is 5.32 Å². The SMILES string of the molecule is O=C(NC[C@H]1O[C@@H](CO)[C@@H](O)[C@H]1N1CCN(c2cccc(C(F)(F)F)c2)CC1)c1cccc(F)c1. The van der Waals surface area contributed by atoms with Crippen LogP contribution in [0.4, 0.5) is 23.2 Å². The maximum Gasteiger partial charge on any atom is 0.416 e. The number of hydrogen-bond acceptors (Lipinski definition) is 6. The molecule has 2 aromatic carbocycles. The van der Waals surface area contributed by atoms with Crippen molar-refractivity contribution < 1.29 is 37.3 Å². The van der Waals surface area contributed by atoms with Gasteiger partial charge >= 0.3 is 6.18 Å². The van der Waals surface area contributed by atoms with Gasteiger partial charge in [-0.3, -0.25) is 9.69 Å². The van der Waals surface area contributed by atoms with Crippen LogP contribution in [0.15, 0.2) is 48.5 Å². The predicted molar refractivity (Wildman–Crippen MR) is 120 cm³/mol. The summed E-state index contributed by atoms with van der Waals surface area (Å²) in [5.74, 6) is -1.04. The summed E-state index contributed by atoms with van der Waals surface area (Å²) in [5.41, 5.74) is -0.0970. The van der Waals surface area contributed by atoms with E-state index in [0.29, 0.717) is 31.9 Å². The van der Waals surface area contributed by atoms with Gasteiger partial charge in [0.2, 0.25) is 0 Å². The number of nitrogens with one attached hydrogen (secondary N) is 1. The maximum atomic E-state index is 13.4. The van der Waals surface area contributed by atoms with Crippen molar-refractivity contribution in [2.45, 2.75) is 30.5 Å². The third-order valence-corrected chi connectivity index (χ3v) is 6.47. The highest BCUT2D eigenvalue weighted by atomic mass is 19.4. The highest BCUT2D eigenvalue weighted by molar-refractivity contribution is 5.94. The average molecular weight is 497 g/mol. The number of carbonyl (C=O) groups is 1. The zero-order chi connectivity index (χ0) is 25.2. The van der Waals surface area contributed by atoms with E-state index in [0.717, 1.165) is 18.2 Å². The minimum Gasteiger partial charge on any atom is -0.394 e. The van der Waals surface area contributed by atoms with Crippen LogP contribution in [0.2, 0.25) is 0 Å². The normalized spacial score (nSPS) is 25.6. The van der Waals surface area contributed by atoms with E-state index in [1.807, 2.05) is 9.80 Å². The molecule has 0 unspecified atom stereocenters. The van der Waals surface area contributed by atoms with Gasteiger partial charge < -0.3 is 25.2 Å². The van der Waals surface area contributed by atoms with Crippen LogP contribution < -0.4 is 10.2 Å². The fraction of sp³-hybridized carbons (Fsp3) is 0.458. The van der Waals surface area contributed by atoms with E-state index in [4.69, 9.17) is 4.74 Å². The number of nitrogens with zero attached hydrogens (tertiary/aromatic N) is 2. The number of amides is 1. The van der Waals surface area contributed by atoms with Gasteiger partial charge in [0.1, 0.15) is 18.0 Å². The molecule has 11 heteroatoms. The van der Waals surface area contributed by atoms with Crippen molar-refractivity contribution >= 4 is 11.6 Å². The van der Waals surface area contributed by atoms with E-state index in [-0.39, 0.29) is 12.1 Å². The molecule has 2 fully saturated rings. The molecule has 190 valence electrons. The summed E-state index contributed by atoms with van der Waals surface area (Å²) in [6, 6.07) is 9.86. The van der Waals surface area contributed by atoms with Crippen LogP contribution in [0, 0.1) is 5.82 Å². The molecule has 0 saturated carbocycles. The summed E-state index contributed by atoms with van der Waals surface area (Å²) in [5, 5.41) is 23.1. The highest BCUT2D eigenvalue weighted by Gasteiger charge is 2.46. The number of aliphatic hydroxyl groups is 2. The molecule has 1 amide bonds. The molecule has 4 rings (SSSR count). The lowest BCUT2D eigenvalue weighted by Crippen LogP contribution is -2.57. The first-order valence-electron chi connectivity index (χ1n) is 11.3. The fourth-order valence-electron chi connectivity index (χ4n) is 4.68. The highest BCUT2D eigenvalue weighted by Crippen LogP contribution is 2.32. The van der Waals surface area contributed by atoms with Crippen molar-refractivity contribution in [2.75, 3.05) is 44.2 Å². The van der Waals surface area contributed by atoms with Crippen LogP contribution in [0.25, 0.3) is 0 Å². The Morgan fingerprint density at radius 2 is 1.77 bits per heavy atom. The van der Waals surface area contributed by atoms with E-state index in [1.54, 1.807) is 6.07 Å². The van der Waals surface area contributed by atoms with Gasteiger partial charge in [-0.05, 0) is 36.4 Å². The topological polar surface area (TPSA) is 85.3 Å². The zero-order valence-electron chi connectivity index (χ0n) is 18.8. The molecule has 2 aromatic rings. The predicted octanol–water partition coefficient (Wildman–Crippen LogP) is 1.89. The largest absolute Gasteiger partial charge is 0.416 e. The Hall–Kier alpha value is -2.73. The summed E-state index contributed by atoms with van der Waals surface area (Å²) in [7, 11) is 0. The van der Waals surface area contributed by atoms with E-state index in [1.165, 1.54) is 24.3 Å².